The summed E-state index contributed by atoms with van der Waals surface area (Å²) >= 11 is 7.65. The monoisotopic (exact) mass is 316 g/mol. The van der Waals surface area contributed by atoms with E-state index in [1.807, 2.05) is 6.07 Å². The molecule has 114 valence electrons. The number of nitrogens with zero attached hydrogens (tertiary/aromatic N) is 1. The van der Waals surface area contributed by atoms with Crippen molar-refractivity contribution in [1.82, 2.24) is 4.90 Å². The van der Waals surface area contributed by atoms with Gasteiger partial charge in [-0.3, -0.25) is 4.90 Å². The van der Waals surface area contributed by atoms with E-state index in [0.29, 0.717) is 6.54 Å². The van der Waals surface area contributed by atoms with E-state index in [1.54, 1.807) is 11.3 Å². The van der Waals surface area contributed by atoms with Crippen LogP contribution in [0.2, 0.25) is 4.34 Å². The van der Waals surface area contributed by atoms with Gasteiger partial charge in [0.2, 0.25) is 0 Å². The van der Waals surface area contributed by atoms with Gasteiger partial charge in [-0.05, 0) is 53.3 Å². The van der Waals surface area contributed by atoms with Crippen molar-refractivity contribution in [3.63, 3.8) is 0 Å². The van der Waals surface area contributed by atoms with E-state index in [9.17, 15) is 0 Å². The van der Waals surface area contributed by atoms with Crippen LogP contribution in [-0.2, 0) is 11.3 Å². The van der Waals surface area contributed by atoms with Crippen LogP contribution in [0.25, 0.3) is 0 Å². The van der Waals surface area contributed by atoms with Crippen LogP contribution < -0.4 is 5.73 Å². The van der Waals surface area contributed by atoms with Gasteiger partial charge in [-0.1, -0.05) is 11.6 Å². The molecule has 1 fully saturated rings. The molecule has 0 aromatic carbocycles. The third kappa shape index (κ3) is 2.77. The number of nitrogens with two attached hydrogens (primary N) is 1. The molecule has 0 aliphatic carbocycles. The summed E-state index contributed by atoms with van der Waals surface area (Å²) in [6.45, 7) is 10.00. The Morgan fingerprint density at radius 2 is 2.00 bits per heavy atom. The molecule has 0 amide bonds. The first kappa shape index (κ1) is 16.2. The zero-order valence-corrected chi connectivity index (χ0v) is 14.6. The Morgan fingerprint density at radius 1 is 1.35 bits per heavy atom. The fourth-order valence-electron chi connectivity index (χ4n) is 3.63. The number of hydrogen-bond donors (Lipinski definition) is 1. The Balaban J connectivity index is 2.26. The molecule has 0 saturated carbocycles. The molecule has 2 heterocycles. The molecular weight excluding hydrogens is 292 g/mol. The number of likely N-dealkylation sites (N-methyl/N-ethyl adjacent to an activating group) is 1. The summed E-state index contributed by atoms with van der Waals surface area (Å²) in [4.78, 5) is 3.59. The summed E-state index contributed by atoms with van der Waals surface area (Å²) in [5.74, 6) is 0. The molecule has 1 atom stereocenters. The maximum absolute atomic E-state index is 6.26. The second-order valence-electron chi connectivity index (χ2n) is 6.85. The lowest BCUT2D eigenvalue weighted by atomic mass is 9.77. The minimum Gasteiger partial charge on any atom is -0.368 e. The molecule has 1 aromatic rings. The van der Waals surface area contributed by atoms with Gasteiger partial charge in [0.15, 0.2) is 0 Å². The van der Waals surface area contributed by atoms with E-state index in [-0.39, 0.29) is 16.7 Å². The van der Waals surface area contributed by atoms with Crippen molar-refractivity contribution in [1.29, 1.82) is 0 Å². The number of hydrogen-bond acceptors (Lipinski definition) is 4. The van der Waals surface area contributed by atoms with E-state index in [2.05, 4.69) is 45.7 Å². The summed E-state index contributed by atoms with van der Waals surface area (Å²) in [7, 11) is 2.13. The lowest BCUT2D eigenvalue weighted by Gasteiger charge is -2.46. The molecule has 1 aliphatic rings. The first-order chi connectivity index (χ1) is 9.12. The maximum atomic E-state index is 6.26. The molecular formula is C15H25ClN2OS. The van der Waals surface area contributed by atoms with Crippen LogP contribution in [0.4, 0.5) is 0 Å². The van der Waals surface area contributed by atoms with Crippen molar-refractivity contribution in [2.24, 2.45) is 5.73 Å². The Kier molecular flexibility index (Phi) is 4.27. The van der Waals surface area contributed by atoms with Crippen LogP contribution >= 0.6 is 22.9 Å². The first-order valence-corrected chi connectivity index (χ1v) is 8.17. The van der Waals surface area contributed by atoms with Gasteiger partial charge in [-0.25, -0.2) is 0 Å². The molecule has 2 N–H and O–H groups in total. The van der Waals surface area contributed by atoms with Crippen LogP contribution in [-0.4, -0.2) is 35.2 Å². The molecule has 3 nitrogen and oxygen atoms in total. The first-order valence-electron chi connectivity index (χ1n) is 6.98. The Hall–Kier alpha value is -0.130. The summed E-state index contributed by atoms with van der Waals surface area (Å²) in [5.41, 5.74) is 5.60. The van der Waals surface area contributed by atoms with Gasteiger partial charge in [0.05, 0.1) is 21.1 Å². The highest BCUT2D eigenvalue weighted by molar-refractivity contribution is 7.16. The van der Waals surface area contributed by atoms with Gasteiger partial charge >= 0.3 is 0 Å². The predicted octanol–water partition coefficient (Wildman–Crippen LogP) is 3.51. The van der Waals surface area contributed by atoms with E-state index < -0.39 is 0 Å². The Morgan fingerprint density at radius 3 is 2.40 bits per heavy atom. The predicted molar refractivity (Wildman–Crippen MR) is 86.4 cm³/mol. The topological polar surface area (TPSA) is 38.5 Å². The van der Waals surface area contributed by atoms with Crippen LogP contribution in [0.3, 0.4) is 0 Å². The second-order valence-corrected chi connectivity index (χ2v) is 8.65. The van der Waals surface area contributed by atoms with Gasteiger partial charge in [-0.2, -0.15) is 0 Å². The minimum atomic E-state index is -0.277. The van der Waals surface area contributed by atoms with Crippen molar-refractivity contribution in [2.75, 3.05) is 13.6 Å². The molecule has 1 saturated heterocycles. The largest absolute Gasteiger partial charge is 0.368 e. The molecule has 1 aliphatic heterocycles. The van der Waals surface area contributed by atoms with Gasteiger partial charge in [0.25, 0.3) is 0 Å². The van der Waals surface area contributed by atoms with Crippen molar-refractivity contribution in [2.45, 2.75) is 57.4 Å². The van der Waals surface area contributed by atoms with E-state index >= 15 is 0 Å². The summed E-state index contributed by atoms with van der Waals surface area (Å²) in [6, 6.07) is 4.03. The normalized spacial score (nSPS) is 28.2. The SMILES string of the molecule is CN(Cc1ccc(Cl)s1)C1(CN)CC(C)(C)OC1(C)C. The van der Waals surface area contributed by atoms with Crippen LogP contribution in [0, 0.1) is 0 Å². The second kappa shape index (κ2) is 5.25. The molecule has 0 bridgehead atoms. The molecule has 2 rings (SSSR count). The van der Waals surface area contributed by atoms with Crippen LogP contribution in [0.1, 0.15) is 39.0 Å². The fraction of sp³-hybridized carbons (Fsp3) is 0.733. The zero-order valence-electron chi connectivity index (χ0n) is 13.0. The molecule has 20 heavy (non-hydrogen) atoms. The third-order valence-electron chi connectivity index (χ3n) is 4.46. The highest BCUT2D eigenvalue weighted by Crippen LogP contribution is 2.48. The van der Waals surface area contributed by atoms with Gasteiger partial charge in [0.1, 0.15) is 0 Å². The van der Waals surface area contributed by atoms with Gasteiger partial charge in [0, 0.05) is 18.0 Å². The summed E-state index contributed by atoms with van der Waals surface area (Å²) < 4.78 is 7.09. The third-order valence-corrected chi connectivity index (χ3v) is 5.68. The van der Waals surface area contributed by atoms with E-state index in [4.69, 9.17) is 22.1 Å². The Bertz CT molecular complexity index is 486. The molecule has 0 spiro atoms. The lowest BCUT2D eigenvalue weighted by Crippen LogP contribution is -2.61. The molecule has 1 unspecified atom stereocenters. The van der Waals surface area contributed by atoms with Crippen LogP contribution in [0.5, 0.6) is 0 Å². The number of halogens is 1. The zero-order chi connectivity index (χ0) is 15.2. The summed E-state index contributed by atoms with van der Waals surface area (Å²) in [5, 5.41) is 0. The van der Waals surface area contributed by atoms with Crippen molar-refractivity contribution in [3.8, 4) is 0 Å². The molecule has 1 aromatic heterocycles. The fourth-order valence-corrected chi connectivity index (χ4v) is 4.77. The number of rotatable bonds is 4. The minimum absolute atomic E-state index is 0.149. The standard InChI is InChI=1S/C15H25ClN2OS/c1-13(2)9-15(10-17,14(3,4)19-13)18(5)8-11-6-7-12(16)20-11/h6-7H,8-10,17H2,1-5H3. The van der Waals surface area contributed by atoms with Crippen molar-refractivity contribution in [3.05, 3.63) is 21.3 Å². The highest BCUT2D eigenvalue weighted by Gasteiger charge is 2.58. The summed E-state index contributed by atoms with van der Waals surface area (Å²) in [6.07, 6.45) is 0.930. The molecule has 5 heteroatoms. The van der Waals surface area contributed by atoms with Gasteiger partial charge < -0.3 is 10.5 Å². The smallest absolute Gasteiger partial charge is 0.0931 e. The average molecular weight is 317 g/mol. The highest BCUT2D eigenvalue weighted by atomic mass is 35.5. The Labute approximate surface area is 131 Å². The van der Waals surface area contributed by atoms with E-state index in [1.165, 1.54) is 4.88 Å². The number of ether oxygens (including phenoxy) is 1. The number of thiophene rings is 1. The van der Waals surface area contributed by atoms with Gasteiger partial charge in [-0.15, -0.1) is 11.3 Å². The maximum Gasteiger partial charge on any atom is 0.0931 e. The van der Waals surface area contributed by atoms with Crippen LogP contribution in [0.15, 0.2) is 12.1 Å². The van der Waals surface area contributed by atoms with E-state index in [0.717, 1.165) is 17.3 Å². The van der Waals surface area contributed by atoms with Crippen molar-refractivity contribution < 1.29 is 4.74 Å². The van der Waals surface area contributed by atoms with Crippen molar-refractivity contribution >= 4 is 22.9 Å². The quantitative estimate of drug-likeness (QED) is 0.924. The molecule has 0 radical (unpaired) electrons. The lowest BCUT2D eigenvalue weighted by molar-refractivity contribution is -0.101. The average Bonchev–Trinajstić information content (AvgIpc) is 2.77.